The Hall–Kier alpha value is -2.24. The van der Waals surface area contributed by atoms with Crippen molar-refractivity contribution >= 4 is 28.9 Å². The molecule has 0 bridgehead atoms. The van der Waals surface area contributed by atoms with E-state index in [0.717, 1.165) is 16.9 Å². The minimum absolute atomic E-state index is 0.0178. The molecule has 0 aliphatic carbocycles. The molecule has 0 saturated carbocycles. The number of nitrogens with two attached hydrogens (primary N) is 1. The Labute approximate surface area is 124 Å². The van der Waals surface area contributed by atoms with E-state index in [1.54, 1.807) is 6.07 Å². The van der Waals surface area contributed by atoms with Crippen molar-refractivity contribution in [3.63, 3.8) is 0 Å². The van der Waals surface area contributed by atoms with Gasteiger partial charge in [0, 0.05) is 25.2 Å². The number of fused-ring (bicyclic) bond motifs is 1. The largest absolute Gasteiger partial charge is 0.397 e. The monoisotopic (exact) mass is 290 g/mol. The number of nitrogen functional groups attached to an aromatic ring is 1. The van der Waals surface area contributed by atoms with Crippen LogP contribution in [0, 0.1) is 5.92 Å². The average Bonchev–Trinajstić information content (AvgIpc) is 2.75. The topological polar surface area (TPSA) is 96.2 Å². The molecule has 1 heterocycles. The van der Waals surface area contributed by atoms with E-state index in [-0.39, 0.29) is 11.8 Å². The van der Waals surface area contributed by atoms with E-state index in [0.29, 0.717) is 37.5 Å². The molecule has 1 aliphatic heterocycles. The highest BCUT2D eigenvalue weighted by Crippen LogP contribution is 2.31. The summed E-state index contributed by atoms with van der Waals surface area (Å²) in [5, 5.41) is 8.79. The van der Waals surface area contributed by atoms with Crippen molar-refractivity contribution in [3.05, 3.63) is 17.7 Å². The van der Waals surface area contributed by atoms with E-state index in [4.69, 9.17) is 5.73 Å². The number of hydrogen-bond acceptors (Lipinski definition) is 4. The third kappa shape index (κ3) is 4.11. The summed E-state index contributed by atoms with van der Waals surface area (Å²) in [5.41, 5.74) is 8.99. The van der Waals surface area contributed by atoms with Gasteiger partial charge in [0.1, 0.15) is 0 Å². The molecular weight excluding hydrogens is 268 g/mol. The third-order valence-corrected chi connectivity index (χ3v) is 3.28. The Morgan fingerprint density at radius 1 is 1.43 bits per heavy atom. The minimum Gasteiger partial charge on any atom is -0.397 e. The number of nitrogens with one attached hydrogen (secondary N) is 3. The highest BCUT2D eigenvalue weighted by Gasteiger charge is 2.19. The molecule has 1 aromatic carbocycles. The maximum Gasteiger partial charge on any atom is 0.228 e. The molecule has 0 atom stereocenters. The van der Waals surface area contributed by atoms with Crippen LogP contribution in [0.25, 0.3) is 0 Å². The van der Waals surface area contributed by atoms with Gasteiger partial charge < -0.3 is 21.7 Å². The first-order chi connectivity index (χ1) is 9.95. The van der Waals surface area contributed by atoms with Gasteiger partial charge in [-0.25, -0.2) is 0 Å². The molecular formula is C15H22N4O2. The van der Waals surface area contributed by atoms with Gasteiger partial charge in [0.25, 0.3) is 0 Å². The Balaban J connectivity index is 1.85. The lowest BCUT2D eigenvalue weighted by molar-refractivity contribution is -0.121. The van der Waals surface area contributed by atoms with E-state index in [1.807, 2.05) is 6.07 Å². The zero-order valence-corrected chi connectivity index (χ0v) is 12.5. The highest BCUT2D eigenvalue weighted by molar-refractivity contribution is 6.00. The predicted octanol–water partition coefficient (Wildman–Crippen LogP) is 1.34. The van der Waals surface area contributed by atoms with Crippen molar-refractivity contribution in [2.24, 2.45) is 5.92 Å². The maximum absolute atomic E-state index is 11.6. The Kier molecular flexibility index (Phi) is 4.67. The first-order valence-corrected chi connectivity index (χ1v) is 7.18. The number of hydrogen-bond donors (Lipinski definition) is 4. The molecule has 0 fully saturated rings. The van der Waals surface area contributed by atoms with E-state index in [2.05, 4.69) is 29.8 Å². The number of rotatable bonds is 6. The first kappa shape index (κ1) is 15.2. The second kappa shape index (κ2) is 6.47. The fourth-order valence-corrected chi connectivity index (χ4v) is 2.16. The summed E-state index contributed by atoms with van der Waals surface area (Å²) in [6.45, 7) is 5.29. The Morgan fingerprint density at radius 2 is 2.19 bits per heavy atom. The van der Waals surface area contributed by atoms with Crippen molar-refractivity contribution < 1.29 is 9.59 Å². The Bertz CT molecular complexity index is 555. The van der Waals surface area contributed by atoms with Crippen LogP contribution in [0.5, 0.6) is 0 Å². The average molecular weight is 290 g/mol. The van der Waals surface area contributed by atoms with Crippen molar-refractivity contribution in [1.29, 1.82) is 0 Å². The van der Waals surface area contributed by atoms with Gasteiger partial charge in [0.2, 0.25) is 11.8 Å². The second-order valence-corrected chi connectivity index (χ2v) is 5.70. The summed E-state index contributed by atoms with van der Waals surface area (Å²) < 4.78 is 0. The normalized spacial score (nSPS) is 13.0. The molecule has 0 radical (unpaired) electrons. The molecule has 5 N–H and O–H groups in total. The number of carbonyl (C=O) groups excluding carboxylic acids is 2. The van der Waals surface area contributed by atoms with Gasteiger partial charge in [-0.05, 0) is 23.6 Å². The van der Waals surface area contributed by atoms with Crippen LogP contribution in [0.4, 0.5) is 17.1 Å². The smallest absolute Gasteiger partial charge is 0.228 e. The van der Waals surface area contributed by atoms with Gasteiger partial charge in [0.05, 0.1) is 17.8 Å². The van der Waals surface area contributed by atoms with Gasteiger partial charge in [-0.2, -0.15) is 0 Å². The fourth-order valence-electron chi connectivity index (χ4n) is 2.16. The summed E-state index contributed by atoms with van der Waals surface area (Å²) in [5.74, 6) is 0.441. The molecule has 0 unspecified atom stereocenters. The molecule has 21 heavy (non-hydrogen) atoms. The van der Waals surface area contributed by atoms with Crippen LogP contribution in [-0.2, 0) is 16.0 Å². The minimum atomic E-state index is -0.0189. The molecule has 114 valence electrons. The standard InChI is InChI=1S/C15H22N4O2/c1-9(2)8-18-14(20)3-4-17-13-7-12-10(5-11(13)16)6-15(21)19-12/h5,7,9,17H,3-4,6,8,16H2,1-2H3,(H,18,20)(H,19,21). The number of carbonyl (C=O) groups is 2. The van der Waals surface area contributed by atoms with Crippen molar-refractivity contribution in [3.8, 4) is 0 Å². The van der Waals surface area contributed by atoms with Crippen LogP contribution in [0.2, 0.25) is 0 Å². The van der Waals surface area contributed by atoms with Gasteiger partial charge in [-0.15, -0.1) is 0 Å². The van der Waals surface area contributed by atoms with E-state index >= 15 is 0 Å². The first-order valence-electron chi connectivity index (χ1n) is 7.18. The second-order valence-electron chi connectivity index (χ2n) is 5.70. The van der Waals surface area contributed by atoms with E-state index in [9.17, 15) is 9.59 Å². The van der Waals surface area contributed by atoms with Crippen molar-refractivity contribution in [2.75, 3.05) is 29.5 Å². The van der Waals surface area contributed by atoms with Crippen molar-refractivity contribution in [1.82, 2.24) is 5.32 Å². The molecule has 0 spiro atoms. The van der Waals surface area contributed by atoms with Crippen LogP contribution in [-0.4, -0.2) is 24.9 Å². The zero-order chi connectivity index (χ0) is 15.4. The zero-order valence-electron chi connectivity index (χ0n) is 12.5. The molecule has 2 rings (SSSR count). The summed E-state index contributed by atoms with van der Waals surface area (Å²) in [6, 6.07) is 3.62. The van der Waals surface area contributed by atoms with Gasteiger partial charge >= 0.3 is 0 Å². The molecule has 0 aromatic heterocycles. The summed E-state index contributed by atoms with van der Waals surface area (Å²) in [7, 11) is 0. The highest BCUT2D eigenvalue weighted by atomic mass is 16.2. The molecule has 6 heteroatoms. The lowest BCUT2D eigenvalue weighted by atomic mass is 10.1. The van der Waals surface area contributed by atoms with E-state index in [1.165, 1.54) is 0 Å². The van der Waals surface area contributed by atoms with Crippen LogP contribution < -0.4 is 21.7 Å². The van der Waals surface area contributed by atoms with Crippen LogP contribution in [0.15, 0.2) is 12.1 Å². The fraction of sp³-hybridized carbons (Fsp3) is 0.467. The molecule has 0 saturated heterocycles. The SMILES string of the molecule is CC(C)CNC(=O)CCNc1cc2c(cc1N)CC(=O)N2. The summed E-state index contributed by atoms with van der Waals surface area (Å²) in [6.07, 6.45) is 0.757. The van der Waals surface area contributed by atoms with E-state index < -0.39 is 0 Å². The summed E-state index contributed by atoms with van der Waals surface area (Å²) >= 11 is 0. The number of anilines is 3. The van der Waals surface area contributed by atoms with Gasteiger partial charge in [-0.1, -0.05) is 13.8 Å². The van der Waals surface area contributed by atoms with Crippen LogP contribution >= 0.6 is 0 Å². The number of amides is 2. The molecule has 1 aromatic rings. The third-order valence-electron chi connectivity index (χ3n) is 3.28. The van der Waals surface area contributed by atoms with Crippen LogP contribution in [0.3, 0.4) is 0 Å². The van der Waals surface area contributed by atoms with Gasteiger partial charge in [0.15, 0.2) is 0 Å². The quantitative estimate of drug-likeness (QED) is 0.594. The predicted molar refractivity (Wildman–Crippen MR) is 84.1 cm³/mol. The van der Waals surface area contributed by atoms with Gasteiger partial charge in [-0.3, -0.25) is 9.59 Å². The Morgan fingerprint density at radius 3 is 2.90 bits per heavy atom. The molecule has 1 aliphatic rings. The molecule has 2 amide bonds. The molecule has 6 nitrogen and oxygen atoms in total. The lowest BCUT2D eigenvalue weighted by Crippen LogP contribution is -2.28. The summed E-state index contributed by atoms with van der Waals surface area (Å²) in [4.78, 5) is 22.9. The van der Waals surface area contributed by atoms with Crippen molar-refractivity contribution in [2.45, 2.75) is 26.7 Å². The maximum atomic E-state index is 11.6. The lowest BCUT2D eigenvalue weighted by Gasteiger charge is -2.12. The van der Waals surface area contributed by atoms with Crippen LogP contribution in [0.1, 0.15) is 25.8 Å². The number of benzene rings is 1.